The highest BCUT2D eigenvalue weighted by Gasteiger charge is 2.33. The van der Waals surface area contributed by atoms with Gasteiger partial charge in [-0.2, -0.15) is 71.9 Å². The van der Waals surface area contributed by atoms with Gasteiger partial charge in [-0.3, -0.25) is 28.1 Å². The van der Waals surface area contributed by atoms with Gasteiger partial charge in [-0.15, -0.1) is 0 Å². The van der Waals surface area contributed by atoms with Crippen LogP contribution < -0.4 is 0 Å². The maximum absolute atomic E-state index is 12.2. The van der Waals surface area contributed by atoms with Crippen LogP contribution in [-0.4, -0.2) is 88.2 Å². The average Bonchev–Trinajstić information content (AvgIpc) is 4.14. The summed E-state index contributed by atoms with van der Waals surface area (Å²) in [5.74, 6) is -0.274. The second-order valence-electron chi connectivity index (χ2n) is 17.2. The van der Waals surface area contributed by atoms with Crippen molar-refractivity contribution in [1.29, 1.82) is 0 Å². The molecule has 0 saturated carbocycles. The van der Waals surface area contributed by atoms with E-state index in [1.165, 1.54) is 30.3 Å². The quantitative estimate of drug-likeness (QED) is 0.140. The molecule has 72 heavy (non-hydrogen) atoms. The van der Waals surface area contributed by atoms with E-state index in [0.717, 1.165) is 23.1 Å². The monoisotopic (exact) mass is 1040 g/mol. The lowest BCUT2D eigenvalue weighted by atomic mass is 10.3. The lowest BCUT2D eigenvalue weighted by Gasteiger charge is -2.04. The van der Waals surface area contributed by atoms with E-state index in [0.29, 0.717) is 35.2 Å². The Morgan fingerprint density at radius 2 is 1.03 bits per heavy atom. The Balaban J connectivity index is 0.000000413. The number of halogens is 8. The van der Waals surface area contributed by atoms with Crippen LogP contribution in [0.3, 0.4) is 0 Å². The number of hydrogen-bond acceptors (Lipinski definition) is 10. The molecule has 0 aromatic carbocycles. The molecule has 0 saturated heterocycles. The Kier molecular flexibility index (Phi) is 27.8. The smallest absolute Gasteiger partial charge is 0.335 e. The van der Waals surface area contributed by atoms with E-state index in [9.17, 15) is 30.7 Å². The minimum atomic E-state index is -4.32. The van der Waals surface area contributed by atoms with Crippen molar-refractivity contribution in [1.82, 2.24) is 88.2 Å². The van der Waals surface area contributed by atoms with Gasteiger partial charge in [0.1, 0.15) is 12.7 Å². The Labute approximate surface area is 421 Å². The van der Waals surface area contributed by atoms with Crippen molar-refractivity contribution < 1.29 is 30.7 Å². The van der Waals surface area contributed by atoms with Crippen LogP contribution in [0.5, 0.6) is 0 Å². The first kappa shape index (κ1) is 63.4. The molecule has 8 aromatic heterocycles. The number of imidazole rings is 1. The normalized spacial score (nSPS) is 11.0. The number of nitrogens with zero attached hydrogens (tertiary/aromatic N) is 18. The van der Waals surface area contributed by atoms with Crippen LogP contribution >= 0.6 is 11.6 Å². The first-order valence-corrected chi connectivity index (χ1v) is 23.1. The van der Waals surface area contributed by atoms with Gasteiger partial charge in [0.2, 0.25) is 0 Å². The highest BCUT2D eigenvalue weighted by Crippen LogP contribution is 2.29. The summed E-state index contributed by atoms with van der Waals surface area (Å²) < 4.78 is 95.0. The van der Waals surface area contributed by atoms with Gasteiger partial charge in [0, 0.05) is 86.7 Å². The van der Waals surface area contributed by atoms with Crippen molar-refractivity contribution in [3.63, 3.8) is 0 Å². The van der Waals surface area contributed by atoms with E-state index >= 15 is 0 Å². The molecule has 0 radical (unpaired) electrons. The van der Waals surface area contributed by atoms with Crippen LogP contribution in [-0.2, 0) is 19.4 Å². The molecule has 0 atom stereocenters. The third-order valence-electron chi connectivity index (χ3n) is 8.70. The highest BCUT2D eigenvalue weighted by molar-refractivity contribution is 6.30. The predicted octanol–water partition coefficient (Wildman–Crippen LogP) is 12.3. The van der Waals surface area contributed by atoms with E-state index in [-0.39, 0.29) is 17.9 Å². The van der Waals surface area contributed by atoms with Crippen LogP contribution in [0.1, 0.15) is 150 Å². The minimum Gasteiger partial charge on any atom is -0.335 e. The van der Waals surface area contributed by atoms with E-state index in [1.54, 1.807) is 71.6 Å². The van der Waals surface area contributed by atoms with Gasteiger partial charge in [0.15, 0.2) is 11.5 Å². The molecule has 8 aromatic rings. The summed E-state index contributed by atoms with van der Waals surface area (Å²) in [6.07, 6.45) is 16.5. The molecular formula is C46H70ClF7N18. The molecule has 0 fully saturated rings. The van der Waals surface area contributed by atoms with E-state index < -0.39 is 23.6 Å². The van der Waals surface area contributed by atoms with Gasteiger partial charge < -0.3 is 4.57 Å². The zero-order chi connectivity index (χ0) is 54.8. The summed E-state index contributed by atoms with van der Waals surface area (Å²) in [6.45, 7) is 28.2. The summed E-state index contributed by atoms with van der Waals surface area (Å²) in [6, 6.07) is 5.30. The number of aryl methyl sites for hydroxylation is 1. The fourth-order valence-corrected chi connectivity index (χ4v) is 4.81. The van der Waals surface area contributed by atoms with Crippen molar-refractivity contribution >= 4 is 11.6 Å². The summed E-state index contributed by atoms with van der Waals surface area (Å²) in [7, 11) is 1.44. The zero-order valence-corrected chi connectivity index (χ0v) is 44.3. The molecule has 8 heterocycles. The van der Waals surface area contributed by atoms with Crippen molar-refractivity contribution in [2.24, 2.45) is 7.05 Å². The molecule has 0 aliphatic carbocycles. The van der Waals surface area contributed by atoms with E-state index in [1.807, 2.05) is 68.0 Å². The first-order chi connectivity index (χ1) is 33.5. The van der Waals surface area contributed by atoms with Crippen molar-refractivity contribution in [3.05, 3.63) is 134 Å². The number of hydrogen-bond donors (Lipinski definition) is 0. The van der Waals surface area contributed by atoms with Gasteiger partial charge >= 0.3 is 12.4 Å². The third kappa shape index (κ3) is 26.0. The van der Waals surface area contributed by atoms with Gasteiger partial charge in [0.05, 0.1) is 60.1 Å². The fourth-order valence-electron chi connectivity index (χ4n) is 4.67. The standard InChI is InChI=1S/C7H9F3N2.C6H9ClN2.C6H9FN2.2C6H10N2.C5H5F3N2.2C5H9N3/c1-5(2)12-4-6(3-11-12)7(8,9)10;2*1-5(2)9-4-6(7)3-8-9;1-6(2)8-4-3-7-5-8;1-6(2)8-5-3-4-7-8;1-10-3-2-4(9-10)5(6,7)8;1-5(2)8-4-6-3-7-8;1-5(2)8-6-3-4-7-8/h3-5H,1-2H3;2*3-5H,1-2H3;2*3-6H,1-2H3;2-3H,1H3;2*3-5H,1-2H3. The molecule has 0 aliphatic rings. The molecule has 18 nitrogen and oxygen atoms in total. The third-order valence-corrected chi connectivity index (χ3v) is 8.89. The zero-order valence-electron chi connectivity index (χ0n) is 43.5. The molecule has 0 unspecified atom stereocenters. The lowest BCUT2D eigenvalue weighted by molar-refractivity contribution is -0.141. The van der Waals surface area contributed by atoms with Crippen LogP contribution in [0.2, 0.25) is 5.02 Å². The Hall–Kier alpha value is -6.66. The molecule has 400 valence electrons. The van der Waals surface area contributed by atoms with Gasteiger partial charge in [0.25, 0.3) is 0 Å². The molecule has 8 rings (SSSR count). The molecule has 26 heteroatoms. The number of alkyl halides is 6. The molecule has 0 spiro atoms. The predicted molar refractivity (Wildman–Crippen MR) is 262 cm³/mol. The van der Waals surface area contributed by atoms with Crippen LogP contribution in [0, 0.1) is 5.82 Å². The fraction of sp³-hybridized carbons (Fsp3) is 0.522. The van der Waals surface area contributed by atoms with Crippen molar-refractivity contribution in [2.75, 3.05) is 0 Å². The topological polar surface area (TPSA) is 168 Å². The summed E-state index contributed by atoms with van der Waals surface area (Å²) in [5.41, 5.74) is -1.55. The molecule has 0 bridgehead atoms. The van der Waals surface area contributed by atoms with Crippen molar-refractivity contribution in [3.8, 4) is 0 Å². The van der Waals surface area contributed by atoms with E-state index in [4.69, 9.17) is 11.6 Å². The van der Waals surface area contributed by atoms with E-state index in [2.05, 4.69) is 111 Å². The Morgan fingerprint density at radius 3 is 1.26 bits per heavy atom. The van der Waals surface area contributed by atoms with Crippen molar-refractivity contribution in [2.45, 2.75) is 152 Å². The largest absolute Gasteiger partial charge is 0.435 e. The number of aromatic nitrogens is 18. The maximum atomic E-state index is 12.2. The SMILES string of the molecule is CC(C)n1cc(C(F)(F)F)cn1.CC(C)n1cc(Cl)cn1.CC(C)n1cc(F)cn1.CC(C)n1cccn1.CC(C)n1ccnc1.CC(C)n1cncn1.CC(C)n1nccn1.Cn1ccc(C(F)(F)F)n1. The van der Waals surface area contributed by atoms with Crippen LogP contribution in [0.25, 0.3) is 0 Å². The van der Waals surface area contributed by atoms with Gasteiger partial charge in [-0.05, 0) is 109 Å². The molecule has 0 amide bonds. The average molecular weight is 1040 g/mol. The Morgan fingerprint density at radius 1 is 0.486 bits per heavy atom. The second kappa shape index (κ2) is 31.6. The van der Waals surface area contributed by atoms with Crippen LogP contribution in [0.15, 0.2) is 112 Å². The minimum absolute atomic E-state index is 0.0406. The van der Waals surface area contributed by atoms with Gasteiger partial charge in [-0.25, -0.2) is 14.4 Å². The first-order valence-electron chi connectivity index (χ1n) is 22.8. The summed E-state index contributed by atoms with van der Waals surface area (Å²) in [4.78, 5) is 9.37. The lowest BCUT2D eigenvalue weighted by Crippen LogP contribution is -2.06. The van der Waals surface area contributed by atoms with Crippen LogP contribution in [0.4, 0.5) is 30.7 Å². The summed E-state index contributed by atoms with van der Waals surface area (Å²) in [5, 5.41) is 31.0. The second-order valence-corrected chi connectivity index (χ2v) is 17.7. The number of rotatable bonds is 7. The Bertz CT molecular complexity index is 2300. The molecular weight excluding hydrogens is 973 g/mol. The summed E-state index contributed by atoms with van der Waals surface area (Å²) >= 11 is 5.62. The van der Waals surface area contributed by atoms with Gasteiger partial charge in [-0.1, -0.05) is 11.6 Å². The maximum Gasteiger partial charge on any atom is 0.435 e. The highest BCUT2D eigenvalue weighted by atomic mass is 35.5. The molecule has 0 aliphatic heterocycles. The molecule has 0 N–H and O–H groups in total.